The highest BCUT2D eigenvalue weighted by Gasteiger charge is 2.20. The zero-order valence-corrected chi connectivity index (χ0v) is 14.7. The van der Waals surface area contributed by atoms with Crippen LogP contribution in [0.25, 0.3) is 0 Å². The highest BCUT2D eigenvalue weighted by atomic mass is 35.5. The number of rotatable bonds is 4. The number of piperidine rings is 1. The molecule has 0 saturated carbocycles. The molecule has 1 aliphatic rings. The number of anilines is 2. The van der Waals surface area contributed by atoms with Crippen LogP contribution in [0.5, 0.6) is 0 Å². The monoisotopic (exact) mass is 365 g/mol. The minimum Gasteiger partial charge on any atom is -0.325 e. The van der Waals surface area contributed by atoms with Crippen molar-refractivity contribution in [3.63, 3.8) is 0 Å². The fourth-order valence-corrected chi connectivity index (χ4v) is 3.20. The first-order chi connectivity index (χ1) is 11.2. The Hall–Kier alpha value is -1.89. The Balaban J connectivity index is 0.00000208. The second-order valence-electron chi connectivity index (χ2n) is 5.50. The molecular formula is C17H20ClN3O2S. The van der Waals surface area contributed by atoms with Gasteiger partial charge in [0, 0.05) is 11.4 Å². The molecule has 24 heavy (non-hydrogen) atoms. The largest absolute Gasteiger partial charge is 0.325 e. The van der Waals surface area contributed by atoms with Crippen LogP contribution in [0.1, 0.15) is 28.9 Å². The molecule has 3 rings (SSSR count). The van der Waals surface area contributed by atoms with E-state index in [-0.39, 0.29) is 30.3 Å². The van der Waals surface area contributed by atoms with Gasteiger partial charge < -0.3 is 16.0 Å². The van der Waals surface area contributed by atoms with Gasteiger partial charge in [-0.15, -0.1) is 23.7 Å². The smallest absolute Gasteiger partial charge is 0.265 e. The van der Waals surface area contributed by atoms with Crippen molar-refractivity contribution in [3.05, 3.63) is 46.7 Å². The van der Waals surface area contributed by atoms with Gasteiger partial charge in [0.15, 0.2) is 0 Å². The maximum Gasteiger partial charge on any atom is 0.265 e. The molecule has 1 atom stereocenters. The summed E-state index contributed by atoms with van der Waals surface area (Å²) >= 11 is 1.39. The molecule has 1 saturated heterocycles. The molecule has 7 heteroatoms. The molecule has 1 aromatic heterocycles. The van der Waals surface area contributed by atoms with Gasteiger partial charge >= 0.3 is 0 Å². The van der Waals surface area contributed by atoms with Gasteiger partial charge in [0.2, 0.25) is 5.91 Å². The number of carbonyl (C=O) groups excluding carboxylic acids is 2. The van der Waals surface area contributed by atoms with Crippen molar-refractivity contribution in [2.75, 3.05) is 17.2 Å². The number of halogens is 1. The van der Waals surface area contributed by atoms with Gasteiger partial charge in [-0.25, -0.2) is 0 Å². The summed E-state index contributed by atoms with van der Waals surface area (Å²) in [6.07, 6.45) is 3.05. The van der Waals surface area contributed by atoms with Gasteiger partial charge in [0.25, 0.3) is 5.91 Å². The number of hydrogen-bond acceptors (Lipinski definition) is 4. The number of carbonyl (C=O) groups is 2. The number of benzene rings is 1. The third-order valence-corrected chi connectivity index (χ3v) is 4.63. The minimum atomic E-state index is -0.141. The molecule has 2 amide bonds. The van der Waals surface area contributed by atoms with E-state index >= 15 is 0 Å². The Kier molecular flexibility index (Phi) is 6.78. The Morgan fingerprint density at radius 1 is 1.08 bits per heavy atom. The second-order valence-corrected chi connectivity index (χ2v) is 6.45. The van der Waals surface area contributed by atoms with Crippen LogP contribution < -0.4 is 16.0 Å². The lowest BCUT2D eigenvalue weighted by Gasteiger charge is -2.22. The molecule has 0 bridgehead atoms. The SMILES string of the molecule is Cl.O=C(Nc1cccc(NC(=O)C2CCCCN2)c1)c1cccs1. The van der Waals surface area contributed by atoms with Gasteiger partial charge in [-0.3, -0.25) is 9.59 Å². The van der Waals surface area contributed by atoms with Crippen LogP contribution in [-0.2, 0) is 4.79 Å². The summed E-state index contributed by atoms with van der Waals surface area (Å²) in [4.78, 5) is 24.9. The average molecular weight is 366 g/mol. The van der Waals surface area contributed by atoms with E-state index in [1.54, 1.807) is 18.2 Å². The van der Waals surface area contributed by atoms with E-state index in [0.717, 1.165) is 25.8 Å². The molecule has 0 aliphatic carbocycles. The minimum absolute atomic E-state index is 0. The molecule has 1 fully saturated rings. The summed E-state index contributed by atoms with van der Waals surface area (Å²) in [5.41, 5.74) is 1.35. The molecule has 2 heterocycles. The summed E-state index contributed by atoms with van der Waals surface area (Å²) in [6, 6.07) is 10.7. The number of hydrogen-bond donors (Lipinski definition) is 3. The van der Waals surface area contributed by atoms with Crippen molar-refractivity contribution in [1.82, 2.24) is 5.32 Å². The lowest BCUT2D eigenvalue weighted by atomic mass is 10.0. The summed E-state index contributed by atoms with van der Waals surface area (Å²) in [7, 11) is 0. The van der Waals surface area contributed by atoms with E-state index in [1.165, 1.54) is 11.3 Å². The standard InChI is InChI=1S/C17H19N3O2S.ClH/c21-16(14-7-1-2-9-18-14)19-12-5-3-6-13(11-12)20-17(22)15-8-4-10-23-15;/h3-6,8,10-11,14,18H,1-2,7,9H2,(H,19,21)(H,20,22);1H. The number of nitrogens with one attached hydrogen (secondary N) is 3. The van der Waals surface area contributed by atoms with E-state index in [4.69, 9.17) is 0 Å². The van der Waals surface area contributed by atoms with E-state index in [2.05, 4.69) is 16.0 Å². The average Bonchev–Trinajstić information content (AvgIpc) is 3.10. The number of amides is 2. The van der Waals surface area contributed by atoms with Gasteiger partial charge in [-0.2, -0.15) is 0 Å². The van der Waals surface area contributed by atoms with Crippen LogP contribution in [-0.4, -0.2) is 24.4 Å². The van der Waals surface area contributed by atoms with Crippen molar-refractivity contribution >= 4 is 46.9 Å². The Morgan fingerprint density at radius 3 is 2.54 bits per heavy atom. The van der Waals surface area contributed by atoms with Crippen LogP contribution in [0.15, 0.2) is 41.8 Å². The van der Waals surface area contributed by atoms with Gasteiger partial charge in [0.1, 0.15) is 0 Å². The molecular weight excluding hydrogens is 346 g/mol. The first kappa shape index (κ1) is 18.4. The lowest BCUT2D eigenvalue weighted by molar-refractivity contribution is -0.118. The first-order valence-corrected chi connectivity index (χ1v) is 8.59. The zero-order chi connectivity index (χ0) is 16.1. The van der Waals surface area contributed by atoms with Crippen LogP contribution in [0.4, 0.5) is 11.4 Å². The molecule has 1 aliphatic heterocycles. The van der Waals surface area contributed by atoms with Crippen molar-refractivity contribution in [2.24, 2.45) is 0 Å². The fraction of sp³-hybridized carbons (Fsp3) is 0.294. The zero-order valence-electron chi connectivity index (χ0n) is 13.1. The first-order valence-electron chi connectivity index (χ1n) is 7.71. The van der Waals surface area contributed by atoms with Crippen LogP contribution >= 0.6 is 23.7 Å². The van der Waals surface area contributed by atoms with Gasteiger partial charge in [0.05, 0.1) is 10.9 Å². The molecule has 0 radical (unpaired) electrons. The quantitative estimate of drug-likeness (QED) is 0.776. The summed E-state index contributed by atoms with van der Waals surface area (Å²) in [6.45, 7) is 0.884. The second kappa shape index (κ2) is 8.82. The normalized spacial score (nSPS) is 16.8. The summed E-state index contributed by atoms with van der Waals surface area (Å²) in [5.74, 6) is -0.163. The van der Waals surface area contributed by atoms with Crippen molar-refractivity contribution < 1.29 is 9.59 Å². The van der Waals surface area contributed by atoms with Crippen molar-refractivity contribution in [2.45, 2.75) is 25.3 Å². The van der Waals surface area contributed by atoms with E-state index < -0.39 is 0 Å². The third kappa shape index (κ3) is 4.80. The highest BCUT2D eigenvalue weighted by molar-refractivity contribution is 7.12. The van der Waals surface area contributed by atoms with Crippen molar-refractivity contribution in [1.29, 1.82) is 0 Å². The third-order valence-electron chi connectivity index (χ3n) is 3.76. The maximum absolute atomic E-state index is 12.2. The maximum atomic E-state index is 12.2. The van der Waals surface area contributed by atoms with Gasteiger partial charge in [-0.05, 0) is 49.0 Å². The fourth-order valence-electron chi connectivity index (χ4n) is 2.58. The lowest BCUT2D eigenvalue weighted by Crippen LogP contribution is -2.43. The molecule has 5 nitrogen and oxygen atoms in total. The molecule has 1 unspecified atom stereocenters. The molecule has 0 spiro atoms. The van der Waals surface area contributed by atoms with Crippen LogP contribution in [0.2, 0.25) is 0 Å². The van der Waals surface area contributed by atoms with E-state index in [0.29, 0.717) is 16.3 Å². The van der Waals surface area contributed by atoms with Crippen LogP contribution in [0, 0.1) is 0 Å². The summed E-state index contributed by atoms with van der Waals surface area (Å²) in [5, 5.41) is 10.8. The van der Waals surface area contributed by atoms with Crippen LogP contribution in [0.3, 0.4) is 0 Å². The molecule has 3 N–H and O–H groups in total. The molecule has 128 valence electrons. The van der Waals surface area contributed by atoms with E-state index in [1.807, 2.05) is 23.6 Å². The Bertz CT molecular complexity index is 685. The highest BCUT2D eigenvalue weighted by Crippen LogP contribution is 2.18. The molecule has 2 aromatic rings. The van der Waals surface area contributed by atoms with E-state index in [9.17, 15) is 9.59 Å². The topological polar surface area (TPSA) is 70.2 Å². The van der Waals surface area contributed by atoms with Gasteiger partial charge in [-0.1, -0.05) is 18.6 Å². The predicted octanol–water partition coefficient (Wildman–Crippen LogP) is 3.50. The Labute approximate surface area is 151 Å². The number of thiophene rings is 1. The predicted molar refractivity (Wildman–Crippen MR) is 100 cm³/mol. The Morgan fingerprint density at radius 2 is 1.88 bits per heavy atom. The summed E-state index contributed by atoms with van der Waals surface area (Å²) < 4.78 is 0. The molecule has 1 aromatic carbocycles. The van der Waals surface area contributed by atoms with Crippen molar-refractivity contribution in [3.8, 4) is 0 Å².